The number of nitrogen functional groups attached to an aromatic ring is 2. The van der Waals surface area contributed by atoms with Gasteiger partial charge in [0.2, 0.25) is 0 Å². The second-order valence-corrected chi connectivity index (χ2v) is 10.4. The van der Waals surface area contributed by atoms with Gasteiger partial charge in [0.1, 0.15) is 0 Å². The summed E-state index contributed by atoms with van der Waals surface area (Å²) >= 11 is 0. The lowest BCUT2D eigenvalue weighted by atomic mass is 9.77. The highest BCUT2D eigenvalue weighted by molar-refractivity contribution is 6.13. The summed E-state index contributed by atoms with van der Waals surface area (Å²) in [4.78, 5) is 0. The van der Waals surface area contributed by atoms with Gasteiger partial charge in [-0.3, -0.25) is 0 Å². The SMILES string of the molecule is Cc1ccc(-c2c(N)c(-c3ccccc3)c(-c3ccccc3)c(-c3ccc(N)cc3)c2-c2ccc(C)cc2)cc1. The molecule has 0 fully saturated rings. The molecule has 0 aliphatic rings. The molecule has 0 aliphatic carbocycles. The first-order chi connectivity index (χ1) is 19.5. The predicted molar refractivity (Wildman–Crippen MR) is 172 cm³/mol. The highest BCUT2D eigenvalue weighted by Gasteiger charge is 2.27. The molecule has 6 aromatic rings. The summed E-state index contributed by atoms with van der Waals surface area (Å²) in [6.45, 7) is 4.23. The second-order valence-electron chi connectivity index (χ2n) is 10.4. The molecule has 0 aromatic heterocycles. The average molecular weight is 517 g/mol. The Balaban J connectivity index is 1.88. The molecule has 0 heterocycles. The standard InChI is InChI=1S/C38H32N2/c1-25-13-17-29(18-14-25)35-33(30-21-23-32(39)24-22-30)34(27-9-5-3-6-10-27)36(28-11-7-4-8-12-28)38(40)37(35)31-19-15-26(2)16-20-31/h3-24H,39-40H2,1-2H3. The van der Waals surface area contributed by atoms with Crippen LogP contribution in [0.15, 0.2) is 133 Å². The van der Waals surface area contributed by atoms with Crippen molar-refractivity contribution in [3.05, 3.63) is 145 Å². The van der Waals surface area contributed by atoms with Gasteiger partial charge in [-0.15, -0.1) is 0 Å². The van der Waals surface area contributed by atoms with Crippen molar-refractivity contribution < 1.29 is 0 Å². The highest BCUT2D eigenvalue weighted by atomic mass is 14.6. The molecule has 0 unspecified atom stereocenters. The van der Waals surface area contributed by atoms with Crippen LogP contribution in [0, 0.1) is 13.8 Å². The van der Waals surface area contributed by atoms with Crippen molar-refractivity contribution in [1.82, 2.24) is 0 Å². The molecule has 0 atom stereocenters. The zero-order valence-electron chi connectivity index (χ0n) is 22.9. The van der Waals surface area contributed by atoms with Crippen molar-refractivity contribution in [2.75, 3.05) is 11.5 Å². The molecule has 0 bridgehead atoms. The maximum Gasteiger partial charge on any atom is 0.0486 e. The molecule has 0 saturated heterocycles. The Morgan fingerprint density at radius 3 is 1.05 bits per heavy atom. The molecule has 4 N–H and O–H groups in total. The normalized spacial score (nSPS) is 10.9. The Morgan fingerprint density at radius 2 is 0.625 bits per heavy atom. The Kier molecular flexibility index (Phi) is 6.67. The largest absolute Gasteiger partial charge is 0.399 e. The zero-order valence-corrected chi connectivity index (χ0v) is 22.9. The third-order valence-electron chi connectivity index (χ3n) is 7.54. The molecule has 40 heavy (non-hydrogen) atoms. The van der Waals surface area contributed by atoms with E-state index in [1.54, 1.807) is 0 Å². The van der Waals surface area contributed by atoms with Crippen LogP contribution in [0.25, 0.3) is 55.6 Å². The van der Waals surface area contributed by atoms with Gasteiger partial charge in [0.25, 0.3) is 0 Å². The number of nitrogens with two attached hydrogens (primary N) is 2. The van der Waals surface area contributed by atoms with Crippen LogP contribution in [0.5, 0.6) is 0 Å². The molecule has 2 nitrogen and oxygen atoms in total. The monoisotopic (exact) mass is 516 g/mol. The van der Waals surface area contributed by atoms with Gasteiger partial charge < -0.3 is 11.5 Å². The van der Waals surface area contributed by atoms with E-state index in [0.29, 0.717) is 0 Å². The van der Waals surface area contributed by atoms with Gasteiger partial charge in [-0.25, -0.2) is 0 Å². The fourth-order valence-corrected chi connectivity index (χ4v) is 5.53. The molecule has 0 amide bonds. The van der Waals surface area contributed by atoms with Crippen molar-refractivity contribution in [3.63, 3.8) is 0 Å². The van der Waals surface area contributed by atoms with Crippen LogP contribution in [-0.4, -0.2) is 0 Å². The lowest BCUT2D eigenvalue weighted by molar-refractivity contribution is 1.45. The summed E-state index contributed by atoms with van der Waals surface area (Å²) in [5.41, 5.74) is 28.4. The molecular weight excluding hydrogens is 484 g/mol. The molecule has 0 aliphatic heterocycles. The average Bonchev–Trinajstić information content (AvgIpc) is 2.99. The maximum atomic E-state index is 7.34. The molecule has 0 spiro atoms. The van der Waals surface area contributed by atoms with E-state index in [-0.39, 0.29) is 0 Å². The Bertz CT molecular complexity index is 1770. The molecule has 2 heteroatoms. The van der Waals surface area contributed by atoms with Gasteiger partial charge in [0.15, 0.2) is 0 Å². The summed E-state index contributed by atoms with van der Waals surface area (Å²) in [7, 11) is 0. The minimum absolute atomic E-state index is 0.736. The van der Waals surface area contributed by atoms with Crippen molar-refractivity contribution in [3.8, 4) is 55.6 Å². The van der Waals surface area contributed by atoms with Crippen molar-refractivity contribution in [2.24, 2.45) is 0 Å². The van der Waals surface area contributed by atoms with Gasteiger partial charge in [-0.05, 0) is 59.4 Å². The summed E-state index contributed by atoms with van der Waals surface area (Å²) in [5, 5.41) is 0. The summed E-state index contributed by atoms with van der Waals surface area (Å²) < 4.78 is 0. The van der Waals surface area contributed by atoms with E-state index in [4.69, 9.17) is 11.5 Å². The van der Waals surface area contributed by atoms with Crippen LogP contribution in [0.1, 0.15) is 11.1 Å². The number of hydrogen-bond donors (Lipinski definition) is 2. The summed E-state index contributed by atoms with van der Waals surface area (Å²) in [6.07, 6.45) is 0. The van der Waals surface area contributed by atoms with Crippen LogP contribution in [0.2, 0.25) is 0 Å². The van der Waals surface area contributed by atoms with Crippen LogP contribution in [-0.2, 0) is 0 Å². The molecule has 0 radical (unpaired) electrons. The minimum Gasteiger partial charge on any atom is -0.399 e. The molecule has 194 valence electrons. The third-order valence-corrected chi connectivity index (χ3v) is 7.54. The first-order valence-electron chi connectivity index (χ1n) is 13.6. The van der Waals surface area contributed by atoms with Crippen molar-refractivity contribution >= 4 is 11.4 Å². The van der Waals surface area contributed by atoms with Gasteiger partial charge in [-0.2, -0.15) is 0 Å². The van der Waals surface area contributed by atoms with Gasteiger partial charge >= 0.3 is 0 Å². The number of hydrogen-bond acceptors (Lipinski definition) is 2. The minimum atomic E-state index is 0.736. The number of aryl methyl sites for hydroxylation is 2. The van der Waals surface area contributed by atoms with Crippen LogP contribution in [0.3, 0.4) is 0 Å². The maximum absolute atomic E-state index is 7.34. The molecule has 0 saturated carbocycles. The van der Waals surface area contributed by atoms with Crippen LogP contribution < -0.4 is 11.5 Å². The Morgan fingerprint density at radius 1 is 0.325 bits per heavy atom. The molecule has 6 aromatic carbocycles. The number of anilines is 2. The third kappa shape index (κ3) is 4.65. The van der Waals surface area contributed by atoms with E-state index < -0.39 is 0 Å². The zero-order chi connectivity index (χ0) is 27.6. The van der Waals surface area contributed by atoms with Crippen LogP contribution >= 0.6 is 0 Å². The Hall–Kier alpha value is -5.08. The fraction of sp³-hybridized carbons (Fsp3) is 0.0526. The van der Waals surface area contributed by atoms with Crippen molar-refractivity contribution in [2.45, 2.75) is 13.8 Å². The van der Waals surface area contributed by atoms with Gasteiger partial charge in [0, 0.05) is 33.6 Å². The smallest absolute Gasteiger partial charge is 0.0486 e. The van der Waals surface area contributed by atoms with Gasteiger partial charge in [0.05, 0.1) is 0 Å². The van der Waals surface area contributed by atoms with Gasteiger partial charge in [-0.1, -0.05) is 132 Å². The van der Waals surface area contributed by atoms with E-state index in [9.17, 15) is 0 Å². The number of rotatable bonds is 5. The quantitative estimate of drug-likeness (QED) is 0.224. The van der Waals surface area contributed by atoms with E-state index in [0.717, 1.165) is 67.0 Å². The van der Waals surface area contributed by atoms with E-state index in [1.165, 1.54) is 11.1 Å². The molecule has 6 rings (SSSR count). The van der Waals surface area contributed by atoms with E-state index in [2.05, 4.69) is 129 Å². The van der Waals surface area contributed by atoms with E-state index in [1.807, 2.05) is 18.2 Å². The predicted octanol–water partition coefficient (Wildman–Crippen LogP) is 9.80. The fourth-order valence-electron chi connectivity index (χ4n) is 5.53. The van der Waals surface area contributed by atoms with Crippen molar-refractivity contribution in [1.29, 1.82) is 0 Å². The highest BCUT2D eigenvalue weighted by Crippen LogP contribution is 2.54. The second kappa shape index (κ2) is 10.6. The first kappa shape index (κ1) is 25.2. The first-order valence-corrected chi connectivity index (χ1v) is 13.6. The Labute approximate surface area is 236 Å². The summed E-state index contributed by atoms with van der Waals surface area (Å²) in [6, 6.07) is 46.7. The topological polar surface area (TPSA) is 52.0 Å². The summed E-state index contributed by atoms with van der Waals surface area (Å²) in [5.74, 6) is 0. The lowest BCUT2D eigenvalue weighted by Crippen LogP contribution is -2.04. The number of benzene rings is 6. The molecular formula is C38H32N2. The van der Waals surface area contributed by atoms with Crippen LogP contribution in [0.4, 0.5) is 11.4 Å². The lowest BCUT2D eigenvalue weighted by Gasteiger charge is -2.27. The van der Waals surface area contributed by atoms with E-state index >= 15 is 0 Å².